The van der Waals surface area contributed by atoms with E-state index < -0.39 is 5.97 Å². The Morgan fingerprint density at radius 3 is 2.42 bits per heavy atom. The molecule has 0 aromatic heterocycles. The average molecular weight is 170 g/mol. The van der Waals surface area contributed by atoms with Crippen LogP contribution >= 0.6 is 0 Å². The number of carbonyl (C=O) groups is 1. The van der Waals surface area contributed by atoms with Crippen molar-refractivity contribution in [1.29, 1.82) is 0 Å². The molecule has 2 heteroatoms. The van der Waals surface area contributed by atoms with E-state index >= 15 is 0 Å². The molecule has 1 N–H and O–H groups in total. The Kier molecular flexibility index (Phi) is 5.43. The highest BCUT2D eigenvalue weighted by molar-refractivity contribution is 5.86. The monoisotopic (exact) mass is 170 g/mol. The zero-order chi connectivity index (χ0) is 9.56. The van der Waals surface area contributed by atoms with E-state index in [1.54, 1.807) is 13.0 Å². The van der Waals surface area contributed by atoms with Crippen LogP contribution in [0.2, 0.25) is 0 Å². The van der Waals surface area contributed by atoms with E-state index in [2.05, 4.69) is 13.8 Å². The van der Waals surface area contributed by atoms with Gasteiger partial charge >= 0.3 is 5.97 Å². The van der Waals surface area contributed by atoms with Crippen LogP contribution < -0.4 is 0 Å². The zero-order valence-corrected chi connectivity index (χ0v) is 8.13. The maximum Gasteiger partial charge on any atom is 0.331 e. The van der Waals surface area contributed by atoms with Gasteiger partial charge in [0.1, 0.15) is 0 Å². The molecule has 0 saturated heterocycles. The summed E-state index contributed by atoms with van der Waals surface area (Å²) in [5.41, 5.74) is 0.538. The van der Waals surface area contributed by atoms with Gasteiger partial charge in [-0.15, -0.1) is 0 Å². The summed E-state index contributed by atoms with van der Waals surface area (Å²) in [5.74, 6) is -0.113. The molecular weight excluding hydrogens is 152 g/mol. The molecule has 0 aromatic carbocycles. The van der Waals surface area contributed by atoms with Crippen LogP contribution in [0.5, 0.6) is 0 Å². The second-order valence-electron chi connectivity index (χ2n) is 3.41. The van der Waals surface area contributed by atoms with Gasteiger partial charge in [0.05, 0.1) is 0 Å². The van der Waals surface area contributed by atoms with Crippen molar-refractivity contribution >= 4 is 5.97 Å². The molecule has 70 valence electrons. The minimum Gasteiger partial charge on any atom is -0.478 e. The molecule has 0 aliphatic rings. The van der Waals surface area contributed by atoms with Crippen LogP contribution in [0, 0.1) is 5.92 Å². The molecule has 0 bridgehead atoms. The summed E-state index contributed by atoms with van der Waals surface area (Å²) in [4.78, 5) is 10.5. The highest BCUT2D eigenvalue weighted by atomic mass is 16.4. The summed E-state index contributed by atoms with van der Waals surface area (Å²) >= 11 is 0. The molecule has 0 aliphatic carbocycles. The van der Waals surface area contributed by atoms with Gasteiger partial charge in [-0.3, -0.25) is 0 Å². The number of aliphatic carboxylic acids is 1. The molecule has 0 aromatic rings. The van der Waals surface area contributed by atoms with Gasteiger partial charge in [0.25, 0.3) is 0 Å². The second kappa shape index (κ2) is 5.81. The minimum absolute atomic E-state index is 0.538. The van der Waals surface area contributed by atoms with Crippen LogP contribution in [0.15, 0.2) is 11.6 Å². The molecule has 0 fully saturated rings. The number of carboxylic acid groups (broad SMARTS) is 1. The van der Waals surface area contributed by atoms with Crippen LogP contribution in [-0.2, 0) is 4.79 Å². The molecule has 0 saturated carbocycles. The van der Waals surface area contributed by atoms with Crippen LogP contribution in [-0.4, -0.2) is 11.1 Å². The van der Waals surface area contributed by atoms with Crippen molar-refractivity contribution in [1.82, 2.24) is 0 Å². The number of allylic oxidation sites excluding steroid dienone is 1. The molecule has 2 nitrogen and oxygen atoms in total. The van der Waals surface area contributed by atoms with E-state index in [9.17, 15) is 4.79 Å². The lowest BCUT2D eigenvalue weighted by Gasteiger charge is -2.04. The Balaban J connectivity index is 3.68. The lowest BCUT2D eigenvalue weighted by molar-refractivity contribution is -0.132. The predicted octanol–water partition coefficient (Wildman–Crippen LogP) is 2.84. The topological polar surface area (TPSA) is 37.3 Å². The summed E-state index contributed by atoms with van der Waals surface area (Å²) in [7, 11) is 0. The standard InChI is InChI=1S/C10H18O2/c1-4-9(10(11)12)7-5-6-8(2)3/h4,8H,5-7H2,1-3H3,(H,11,12)/b9-4+. The summed E-state index contributed by atoms with van der Waals surface area (Å²) in [6.45, 7) is 6.07. The van der Waals surface area contributed by atoms with Crippen LogP contribution in [0.25, 0.3) is 0 Å². The molecule has 0 spiro atoms. The predicted molar refractivity (Wildman–Crippen MR) is 50.1 cm³/mol. The van der Waals surface area contributed by atoms with Gasteiger partial charge in [0.2, 0.25) is 0 Å². The number of carboxylic acids is 1. The lowest BCUT2D eigenvalue weighted by Crippen LogP contribution is -2.00. The Morgan fingerprint density at radius 1 is 1.50 bits per heavy atom. The first kappa shape index (κ1) is 11.2. The van der Waals surface area contributed by atoms with E-state index in [-0.39, 0.29) is 0 Å². The minimum atomic E-state index is -0.777. The third kappa shape index (κ3) is 4.94. The van der Waals surface area contributed by atoms with E-state index in [1.165, 1.54) is 0 Å². The molecular formula is C10H18O2. The first-order valence-electron chi connectivity index (χ1n) is 4.46. The van der Waals surface area contributed by atoms with Gasteiger partial charge in [-0.25, -0.2) is 4.79 Å². The van der Waals surface area contributed by atoms with Crippen molar-refractivity contribution in [2.24, 2.45) is 5.92 Å². The van der Waals surface area contributed by atoms with Gasteiger partial charge in [0.15, 0.2) is 0 Å². The molecule has 0 amide bonds. The van der Waals surface area contributed by atoms with Gasteiger partial charge in [0, 0.05) is 5.57 Å². The van der Waals surface area contributed by atoms with Gasteiger partial charge in [-0.05, 0) is 25.7 Å². The molecule has 0 radical (unpaired) electrons. The van der Waals surface area contributed by atoms with Crippen molar-refractivity contribution in [3.63, 3.8) is 0 Å². The van der Waals surface area contributed by atoms with E-state index in [0.29, 0.717) is 17.9 Å². The second-order valence-corrected chi connectivity index (χ2v) is 3.41. The number of hydrogen-bond acceptors (Lipinski definition) is 1. The SMILES string of the molecule is C/C=C(\CCCC(C)C)C(=O)O. The van der Waals surface area contributed by atoms with Crippen molar-refractivity contribution < 1.29 is 9.90 Å². The Hall–Kier alpha value is -0.790. The number of hydrogen-bond donors (Lipinski definition) is 1. The molecule has 0 atom stereocenters. The largest absolute Gasteiger partial charge is 0.478 e. The highest BCUT2D eigenvalue weighted by Gasteiger charge is 2.05. The van der Waals surface area contributed by atoms with Crippen molar-refractivity contribution in [3.8, 4) is 0 Å². The summed E-state index contributed by atoms with van der Waals surface area (Å²) in [6, 6.07) is 0. The van der Waals surface area contributed by atoms with Crippen LogP contribution in [0.1, 0.15) is 40.0 Å². The molecule has 12 heavy (non-hydrogen) atoms. The molecule has 0 unspecified atom stereocenters. The lowest BCUT2D eigenvalue weighted by atomic mass is 10.0. The first-order chi connectivity index (χ1) is 5.57. The van der Waals surface area contributed by atoms with E-state index in [0.717, 1.165) is 12.8 Å². The highest BCUT2D eigenvalue weighted by Crippen LogP contribution is 2.11. The smallest absolute Gasteiger partial charge is 0.331 e. The summed E-state index contributed by atoms with van der Waals surface area (Å²) < 4.78 is 0. The Bertz CT molecular complexity index is 169. The third-order valence-corrected chi connectivity index (χ3v) is 1.85. The Labute approximate surface area is 74.3 Å². The summed E-state index contributed by atoms with van der Waals surface area (Å²) in [6.07, 6.45) is 4.46. The fraction of sp³-hybridized carbons (Fsp3) is 0.700. The zero-order valence-electron chi connectivity index (χ0n) is 8.13. The maximum atomic E-state index is 10.5. The summed E-state index contributed by atoms with van der Waals surface area (Å²) in [5, 5.41) is 8.67. The molecule has 0 heterocycles. The van der Waals surface area contributed by atoms with Gasteiger partial charge in [-0.1, -0.05) is 26.3 Å². The maximum absolute atomic E-state index is 10.5. The van der Waals surface area contributed by atoms with Crippen LogP contribution in [0.3, 0.4) is 0 Å². The van der Waals surface area contributed by atoms with Crippen molar-refractivity contribution in [2.45, 2.75) is 40.0 Å². The molecule has 0 aliphatic heterocycles. The fourth-order valence-electron chi connectivity index (χ4n) is 1.08. The van der Waals surface area contributed by atoms with Gasteiger partial charge < -0.3 is 5.11 Å². The van der Waals surface area contributed by atoms with Crippen LogP contribution in [0.4, 0.5) is 0 Å². The average Bonchev–Trinajstić information content (AvgIpc) is 1.96. The number of rotatable bonds is 5. The molecule has 0 rings (SSSR count). The quantitative estimate of drug-likeness (QED) is 0.644. The Morgan fingerprint density at radius 2 is 2.08 bits per heavy atom. The van der Waals surface area contributed by atoms with Crippen molar-refractivity contribution in [3.05, 3.63) is 11.6 Å². The normalized spacial score (nSPS) is 12.2. The van der Waals surface area contributed by atoms with E-state index in [4.69, 9.17) is 5.11 Å². The fourth-order valence-corrected chi connectivity index (χ4v) is 1.08. The van der Waals surface area contributed by atoms with Crippen molar-refractivity contribution in [2.75, 3.05) is 0 Å². The third-order valence-electron chi connectivity index (χ3n) is 1.85. The van der Waals surface area contributed by atoms with E-state index in [1.807, 2.05) is 0 Å². The van der Waals surface area contributed by atoms with Gasteiger partial charge in [-0.2, -0.15) is 0 Å². The first-order valence-corrected chi connectivity index (χ1v) is 4.46.